The third kappa shape index (κ3) is 31.7. The van der Waals surface area contributed by atoms with Crippen molar-refractivity contribution in [3.63, 3.8) is 0 Å². The zero-order chi connectivity index (χ0) is 63.3. The van der Waals surface area contributed by atoms with Crippen molar-refractivity contribution in [2.24, 2.45) is 0 Å². The fourth-order valence-corrected chi connectivity index (χ4v) is 10.0. The SMILES string of the molecule is CC/C=C\C/C=C\C/C=C\C/C=C\C/C=C\C/C=C\C/C=C\C/C=C\C/C=C\CCCC(=O)NC(COC1OC(CO)C(OC2OC(CO)C(OC3OC(CO)C(O)C(O)C3O)C(O)C2O)C(O)C1O)C(O)/C=C/CCCCCCCCCCCCC. The van der Waals surface area contributed by atoms with E-state index in [1.165, 1.54) is 51.4 Å². The molecule has 0 radical (unpaired) electrons. The average molecular weight is 1230 g/mol. The Labute approximate surface area is 518 Å². The molecule has 12 N–H and O–H groups in total. The van der Waals surface area contributed by atoms with Crippen LogP contribution in [0.1, 0.15) is 168 Å². The molecule has 87 heavy (non-hydrogen) atoms. The number of aliphatic hydroxyl groups excluding tert-OH is 11. The molecule has 3 aliphatic heterocycles. The molecular formula is C68H111NO18. The molecule has 3 rings (SSSR count). The summed E-state index contributed by atoms with van der Waals surface area (Å²) in [6.07, 6.45) is 39.0. The van der Waals surface area contributed by atoms with E-state index in [2.05, 4.69) is 122 Å². The zero-order valence-corrected chi connectivity index (χ0v) is 51.9. The summed E-state index contributed by atoms with van der Waals surface area (Å²) >= 11 is 0. The number of ether oxygens (including phenoxy) is 6. The summed E-state index contributed by atoms with van der Waals surface area (Å²) in [6.45, 7) is 1.53. The van der Waals surface area contributed by atoms with Crippen molar-refractivity contribution in [2.45, 2.75) is 272 Å². The lowest BCUT2D eigenvalue weighted by Crippen LogP contribution is -2.66. The number of allylic oxidation sites excluding steroid dienone is 19. The van der Waals surface area contributed by atoms with Crippen molar-refractivity contribution in [1.29, 1.82) is 0 Å². The molecular weight excluding hydrogens is 1120 g/mol. The highest BCUT2D eigenvalue weighted by Crippen LogP contribution is 2.33. The highest BCUT2D eigenvalue weighted by Gasteiger charge is 2.53. The van der Waals surface area contributed by atoms with Gasteiger partial charge in [-0.05, 0) is 83.5 Å². The second-order valence-corrected chi connectivity index (χ2v) is 22.5. The molecule has 0 aromatic rings. The van der Waals surface area contributed by atoms with Gasteiger partial charge in [0.25, 0.3) is 0 Å². The van der Waals surface area contributed by atoms with Gasteiger partial charge in [0.2, 0.25) is 5.91 Å². The molecule has 0 aromatic carbocycles. The molecule has 0 spiro atoms. The molecule has 3 fully saturated rings. The Morgan fingerprint density at radius 1 is 0.425 bits per heavy atom. The maximum atomic E-state index is 13.3. The Morgan fingerprint density at radius 3 is 1.23 bits per heavy atom. The van der Waals surface area contributed by atoms with Crippen molar-refractivity contribution in [1.82, 2.24) is 5.32 Å². The average Bonchev–Trinajstić information content (AvgIpc) is 1.69. The normalized spacial score (nSPS) is 29.4. The van der Waals surface area contributed by atoms with Gasteiger partial charge in [0.1, 0.15) is 73.2 Å². The predicted molar refractivity (Wildman–Crippen MR) is 336 cm³/mol. The molecule has 0 bridgehead atoms. The molecule has 17 atom stereocenters. The predicted octanol–water partition coefficient (Wildman–Crippen LogP) is 7.26. The molecule has 19 nitrogen and oxygen atoms in total. The summed E-state index contributed by atoms with van der Waals surface area (Å²) in [5, 5.41) is 120. The summed E-state index contributed by atoms with van der Waals surface area (Å²) in [7, 11) is 0. The van der Waals surface area contributed by atoms with E-state index in [1.807, 2.05) is 12.2 Å². The van der Waals surface area contributed by atoms with E-state index in [1.54, 1.807) is 6.08 Å². The van der Waals surface area contributed by atoms with Gasteiger partial charge in [-0.3, -0.25) is 4.79 Å². The fraction of sp³-hybridized carbons (Fsp3) is 0.691. The molecule has 3 heterocycles. The van der Waals surface area contributed by atoms with Gasteiger partial charge in [0.05, 0.1) is 38.6 Å². The third-order valence-corrected chi connectivity index (χ3v) is 15.3. The Hall–Kier alpha value is -3.81. The van der Waals surface area contributed by atoms with Crippen molar-refractivity contribution in [3.8, 4) is 0 Å². The van der Waals surface area contributed by atoms with Crippen molar-refractivity contribution >= 4 is 5.91 Å². The molecule has 19 heteroatoms. The quantitative estimate of drug-likeness (QED) is 0.0211. The van der Waals surface area contributed by atoms with Gasteiger partial charge >= 0.3 is 0 Å². The van der Waals surface area contributed by atoms with Crippen LogP contribution in [0.5, 0.6) is 0 Å². The number of carbonyl (C=O) groups is 1. The maximum absolute atomic E-state index is 13.3. The van der Waals surface area contributed by atoms with Crippen LogP contribution < -0.4 is 5.32 Å². The van der Waals surface area contributed by atoms with Gasteiger partial charge in [-0.1, -0.05) is 200 Å². The number of nitrogens with one attached hydrogen (secondary N) is 1. The van der Waals surface area contributed by atoms with Crippen molar-refractivity contribution in [2.75, 3.05) is 26.4 Å². The maximum Gasteiger partial charge on any atom is 0.220 e. The zero-order valence-electron chi connectivity index (χ0n) is 51.9. The molecule has 17 unspecified atom stereocenters. The van der Waals surface area contributed by atoms with Gasteiger partial charge in [-0.25, -0.2) is 0 Å². The van der Waals surface area contributed by atoms with Gasteiger partial charge < -0.3 is 89.9 Å². The first kappa shape index (κ1) is 77.4. The second kappa shape index (κ2) is 49.0. The van der Waals surface area contributed by atoms with Gasteiger partial charge in [-0.15, -0.1) is 0 Å². The standard InChI is InChI=1S/C68H111NO18/c1-3-5-7-9-11-13-15-17-18-19-20-21-22-23-24-25-26-27-28-29-30-31-32-34-36-38-40-42-44-46-56(74)69-51(52(73)45-43-41-39-37-35-33-16-14-12-10-8-6-4-2)50-82-66-62(80)59(77)64(54(48-71)84-66)87-68-63(81)60(78)65(55(49-72)85-68)86-67-61(79)58(76)57(75)53(47-70)83-67/h5,7,11,13,17-18,20-21,23-24,26-27,29-30,32,34,38,40,43,45,51-55,57-68,70-73,75-81H,3-4,6,8-10,12,14-16,19,22,25,28,31,33,35-37,39,41-42,44,46-50H2,1-2H3,(H,69,74)/b7-5-,13-11-,18-17-,21-20-,24-23-,27-26-,30-29-,34-32-,40-38-,45-43+. The summed E-state index contributed by atoms with van der Waals surface area (Å²) in [6, 6.07) is -1.01. The van der Waals surface area contributed by atoms with Crippen molar-refractivity contribution in [3.05, 3.63) is 122 Å². The van der Waals surface area contributed by atoms with Crippen LogP contribution in [0.15, 0.2) is 122 Å². The summed E-state index contributed by atoms with van der Waals surface area (Å²) in [5.74, 6) is -0.340. The van der Waals surface area contributed by atoms with E-state index in [0.717, 1.165) is 83.5 Å². The second-order valence-electron chi connectivity index (χ2n) is 22.5. The highest BCUT2D eigenvalue weighted by atomic mass is 16.8. The first-order valence-corrected chi connectivity index (χ1v) is 32.3. The number of carbonyl (C=O) groups excluding carboxylic acids is 1. The van der Waals surface area contributed by atoms with E-state index in [-0.39, 0.29) is 18.9 Å². The summed E-state index contributed by atoms with van der Waals surface area (Å²) in [5.41, 5.74) is 0. The Morgan fingerprint density at radius 2 is 0.793 bits per heavy atom. The van der Waals surface area contributed by atoms with Crippen LogP contribution >= 0.6 is 0 Å². The van der Waals surface area contributed by atoms with Gasteiger partial charge in [-0.2, -0.15) is 0 Å². The van der Waals surface area contributed by atoms with E-state index >= 15 is 0 Å². The topological polar surface area (TPSA) is 307 Å². The molecule has 0 aliphatic carbocycles. The Bertz CT molecular complexity index is 2050. The van der Waals surface area contributed by atoms with Crippen LogP contribution in [-0.2, 0) is 33.2 Å². The van der Waals surface area contributed by atoms with E-state index in [9.17, 15) is 61.0 Å². The lowest BCUT2D eigenvalue weighted by Gasteiger charge is -2.48. The molecule has 0 saturated carbocycles. The smallest absolute Gasteiger partial charge is 0.220 e. The minimum atomic E-state index is -1.99. The fourth-order valence-electron chi connectivity index (χ4n) is 10.0. The van der Waals surface area contributed by atoms with E-state index in [0.29, 0.717) is 12.8 Å². The number of hydrogen-bond donors (Lipinski definition) is 12. The number of rotatable bonds is 46. The largest absolute Gasteiger partial charge is 0.394 e. The lowest BCUT2D eigenvalue weighted by atomic mass is 9.96. The summed E-state index contributed by atoms with van der Waals surface area (Å²) < 4.78 is 34.2. The number of amides is 1. The van der Waals surface area contributed by atoms with Crippen LogP contribution in [0.3, 0.4) is 0 Å². The number of unbranched alkanes of at least 4 members (excludes halogenated alkanes) is 12. The Kier molecular flexibility index (Phi) is 43.6. The summed E-state index contributed by atoms with van der Waals surface area (Å²) in [4.78, 5) is 13.3. The van der Waals surface area contributed by atoms with Gasteiger partial charge in [0, 0.05) is 6.42 Å². The first-order valence-electron chi connectivity index (χ1n) is 32.3. The monoisotopic (exact) mass is 1230 g/mol. The first-order chi connectivity index (χ1) is 42.3. The molecule has 3 aliphatic rings. The molecule has 1 amide bonds. The third-order valence-electron chi connectivity index (χ3n) is 15.3. The van der Waals surface area contributed by atoms with Crippen LogP contribution in [0.4, 0.5) is 0 Å². The lowest BCUT2D eigenvalue weighted by molar-refractivity contribution is -0.379. The number of hydrogen-bond acceptors (Lipinski definition) is 18. The number of aliphatic hydroxyl groups is 11. The molecule has 496 valence electrons. The molecule has 3 saturated heterocycles. The van der Waals surface area contributed by atoms with Crippen LogP contribution in [-0.4, -0.2) is 193 Å². The van der Waals surface area contributed by atoms with Crippen LogP contribution in [0.25, 0.3) is 0 Å². The van der Waals surface area contributed by atoms with E-state index in [4.69, 9.17) is 28.4 Å². The van der Waals surface area contributed by atoms with Crippen molar-refractivity contribution < 1.29 is 89.4 Å². The van der Waals surface area contributed by atoms with Crippen LogP contribution in [0, 0.1) is 0 Å². The Balaban J connectivity index is 1.46. The van der Waals surface area contributed by atoms with Crippen LogP contribution in [0.2, 0.25) is 0 Å². The minimum Gasteiger partial charge on any atom is -0.394 e. The molecule has 0 aromatic heterocycles. The minimum absolute atomic E-state index is 0.155. The highest BCUT2D eigenvalue weighted by molar-refractivity contribution is 5.76. The van der Waals surface area contributed by atoms with E-state index < -0.39 is 124 Å². The van der Waals surface area contributed by atoms with Gasteiger partial charge in [0.15, 0.2) is 18.9 Å².